The largest absolute Gasteiger partial charge is 0.496 e. The number of nitrogens with zero attached hydrogens (tertiary/aromatic N) is 2. The maximum absolute atomic E-state index is 14.8. The zero-order valence-corrected chi connectivity index (χ0v) is 33.4. The number of hydrogen-bond donors (Lipinski definition) is 1. The number of ketones is 1. The molecule has 3 fully saturated rings. The second-order valence-electron chi connectivity index (χ2n) is 16.8. The minimum atomic E-state index is -3.99. The van der Waals surface area contributed by atoms with Crippen LogP contribution in [0, 0.1) is 23.1 Å². The van der Waals surface area contributed by atoms with Crippen LogP contribution >= 0.6 is 0 Å². The van der Waals surface area contributed by atoms with Crippen LogP contribution in [0.3, 0.4) is 0 Å². The van der Waals surface area contributed by atoms with Crippen LogP contribution in [0.5, 0.6) is 11.6 Å². The molecule has 0 radical (unpaired) electrons. The lowest BCUT2D eigenvalue weighted by Gasteiger charge is -2.32. The monoisotopic (exact) mass is 785 g/mol. The van der Waals surface area contributed by atoms with E-state index in [0.717, 1.165) is 0 Å². The van der Waals surface area contributed by atoms with Gasteiger partial charge in [-0.3, -0.25) is 23.9 Å². The smallest absolute Gasteiger partial charge is 0.307 e. The van der Waals surface area contributed by atoms with Crippen molar-refractivity contribution in [2.75, 3.05) is 13.7 Å². The number of Topliss-reactive ketones (excluding diaryl/α,β-unsaturated/α-hetero) is 1. The first-order valence-electron chi connectivity index (χ1n) is 19.0. The van der Waals surface area contributed by atoms with Gasteiger partial charge in [-0.2, -0.15) is 0 Å². The number of carbonyl (C=O) groups is 4. The minimum absolute atomic E-state index is 0.00549. The number of pyridine rings is 1. The van der Waals surface area contributed by atoms with E-state index in [-0.39, 0.29) is 50.0 Å². The van der Waals surface area contributed by atoms with E-state index in [0.29, 0.717) is 36.5 Å². The Morgan fingerprint density at radius 2 is 1.87 bits per heavy atom. The molecule has 55 heavy (non-hydrogen) atoms. The number of carbonyl (C=O) groups excluding carboxylic acids is 4. The third-order valence-electron chi connectivity index (χ3n) is 11.3. The number of allylic oxidation sites excluding steroid dienone is 2. The molecule has 7 atom stereocenters. The summed E-state index contributed by atoms with van der Waals surface area (Å²) in [6.07, 6.45) is 4.98. The van der Waals surface area contributed by atoms with E-state index in [1.165, 1.54) is 30.3 Å². The van der Waals surface area contributed by atoms with E-state index in [1.54, 1.807) is 40.7 Å². The predicted molar refractivity (Wildman–Crippen MR) is 200 cm³/mol. The highest BCUT2D eigenvalue weighted by Gasteiger charge is 2.62. The topological polar surface area (TPSA) is 168 Å². The lowest BCUT2D eigenvalue weighted by Crippen LogP contribution is -2.49. The molecule has 0 bridgehead atoms. The first-order chi connectivity index (χ1) is 25.8. The second kappa shape index (κ2) is 15.1. The van der Waals surface area contributed by atoms with Crippen LogP contribution in [-0.4, -0.2) is 90.2 Å². The fraction of sp³-hybridized carbons (Fsp3) is 0.625. The SMILES string of the molecule is COc1cc(F)cc2c(O[C@@H]3C[C@H]4C(=O)C[C@]5(C(=O)NS(=O)(=O)C6(C)CC6)C[C@H]5/C=C\CC[C@@H](C)O[C@@H](C)[C@H](CC(=O)OC(C)(C)C)C(=O)N4C3)nccc12. The van der Waals surface area contributed by atoms with Gasteiger partial charge in [-0.05, 0) is 91.7 Å². The quantitative estimate of drug-likeness (QED) is 0.277. The third-order valence-corrected chi connectivity index (χ3v) is 13.5. The standard InChI is InChI=1S/C40H52FN3O10S/c1-23-10-8-9-11-25-20-40(25,37(48)43-55(49,50)39(6)13-14-39)21-32(45)31-18-27(53-35-30-16-26(41)17-33(51-7)28(30)12-15-42-35)22-44(31)36(47)29(24(2)52-23)19-34(46)54-38(3,4)5/h9,11-12,15-17,23-25,27,29,31H,8,10,13-14,18-22H2,1-7H3,(H,43,48)/b11-9-/t23-,24+,25-,27-,29+,31+,40-/m1/s1. The molecule has 0 spiro atoms. The fourth-order valence-corrected chi connectivity index (χ4v) is 9.08. The lowest BCUT2D eigenvalue weighted by molar-refractivity contribution is -0.163. The maximum Gasteiger partial charge on any atom is 0.307 e. The molecule has 2 aliphatic carbocycles. The molecule has 1 N–H and O–H groups in total. The molecule has 300 valence electrons. The Hall–Kier alpha value is -4.11. The van der Waals surface area contributed by atoms with Gasteiger partial charge >= 0.3 is 5.97 Å². The van der Waals surface area contributed by atoms with Gasteiger partial charge in [-0.1, -0.05) is 12.2 Å². The zero-order valence-electron chi connectivity index (χ0n) is 32.6. The summed E-state index contributed by atoms with van der Waals surface area (Å²) >= 11 is 0. The number of esters is 1. The number of nitrogens with one attached hydrogen (secondary N) is 1. The van der Waals surface area contributed by atoms with Crippen molar-refractivity contribution in [1.29, 1.82) is 0 Å². The fourth-order valence-electron chi connectivity index (χ4n) is 7.74. The van der Waals surface area contributed by atoms with Crippen molar-refractivity contribution < 1.29 is 50.9 Å². The maximum atomic E-state index is 14.8. The number of fused-ring (bicyclic) bond motifs is 3. The van der Waals surface area contributed by atoms with Crippen molar-refractivity contribution in [1.82, 2.24) is 14.6 Å². The first kappa shape index (κ1) is 40.6. The van der Waals surface area contributed by atoms with E-state index < -0.39 is 85.3 Å². The van der Waals surface area contributed by atoms with E-state index in [2.05, 4.69) is 9.71 Å². The number of benzene rings is 1. The van der Waals surface area contributed by atoms with Gasteiger partial charge in [-0.15, -0.1) is 0 Å². The highest BCUT2D eigenvalue weighted by atomic mass is 32.2. The Balaban J connectivity index is 1.36. The lowest BCUT2D eigenvalue weighted by atomic mass is 9.90. The molecule has 15 heteroatoms. The van der Waals surface area contributed by atoms with Crippen LogP contribution in [-0.2, 0) is 38.7 Å². The van der Waals surface area contributed by atoms with Crippen LogP contribution in [0.1, 0.15) is 92.9 Å². The minimum Gasteiger partial charge on any atom is -0.496 e. The Morgan fingerprint density at radius 3 is 2.55 bits per heavy atom. The van der Waals surface area contributed by atoms with Crippen molar-refractivity contribution in [3.05, 3.63) is 42.4 Å². The number of rotatable bonds is 8. The summed E-state index contributed by atoms with van der Waals surface area (Å²) in [4.78, 5) is 62.3. The number of amides is 2. The van der Waals surface area contributed by atoms with E-state index in [4.69, 9.17) is 18.9 Å². The third kappa shape index (κ3) is 8.67. The predicted octanol–water partition coefficient (Wildman–Crippen LogP) is 5.19. The van der Waals surface area contributed by atoms with Gasteiger partial charge < -0.3 is 23.8 Å². The summed E-state index contributed by atoms with van der Waals surface area (Å²) in [6, 6.07) is 3.06. The van der Waals surface area contributed by atoms with Gasteiger partial charge in [0, 0.05) is 30.5 Å². The summed E-state index contributed by atoms with van der Waals surface area (Å²) in [5, 5.41) is 0.872. The molecule has 1 saturated heterocycles. The zero-order chi connectivity index (χ0) is 40.1. The molecule has 2 saturated carbocycles. The van der Waals surface area contributed by atoms with Gasteiger partial charge in [0.05, 0.1) is 59.8 Å². The van der Waals surface area contributed by atoms with Gasteiger partial charge in [0.15, 0.2) is 5.78 Å². The van der Waals surface area contributed by atoms with Crippen LogP contribution in [0.25, 0.3) is 10.8 Å². The molecule has 2 aliphatic heterocycles. The van der Waals surface area contributed by atoms with Crippen LogP contribution in [0.15, 0.2) is 36.5 Å². The van der Waals surface area contributed by atoms with E-state index in [1.807, 2.05) is 19.1 Å². The highest BCUT2D eigenvalue weighted by molar-refractivity contribution is 7.91. The second-order valence-corrected chi connectivity index (χ2v) is 19.0. The summed E-state index contributed by atoms with van der Waals surface area (Å²) in [6.45, 7) is 10.3. The Labute approximate surface area is 321 Å². The molecule has 0 unspecified atom stereocenters. The number of methoxy groups -OCH3 is 1. The Morgan fingerprint density at radius 1 is 1.15 bits per heavy atom. The van der Waals surface area contributed by atoms with E-state index in [9.17, 15) is 32.0 Å². The molecule has 6 rings (SSSR count). The van der Waals surface area contributed by atoms with Crippen molar-refractivity contribution in [2.24, 2.45) is 17.3 Å². The van der Waals surface area contributed by atoms with Crippen LogP contribution in [0.2, 0.25) is 0 Å². The average Bonchev–Trinajstić information content (AvgIpc) is 3.97. The molecule has 2 amide bonds. The molecule has 3 heterocycles. The number of ether oxygens (including phenoxy) is 4. The molecular weight excluding hydrogens is 734 g/mol. The molecular formula is C40H52FN3O10S. The number of hydrogen-bond acceptors (Lipinski definition) is 11. The van der Waals surface area contributed by atoms with Gasteiger partial charge in [-0.25, -0.2) is 17.8 Å². The molecule has 1 aromatic carbocycles. The Bertz CT molecular complexity index is 1990. The van der Waals surface area contributed by atoms with E-state index >= 15 is 0 Å². The Kier molecular flexibility index (Phi) is 11.1. The number of sulfonamides is 1. The van der Waals surface area contributed by atoms with Gasteiger partial charge in [0.25, 0.3) is 0 Å². The summed E-state index contributed by atoms with van der Waals surface area (Å²) in [5.41, 5.74) is -2.15. The van der Waals surface area contributed by atoms with Crippen molar-refractivity contribution in [3.63, 3.8) is 0 Å². The number of aromatic nitrogens is 1. The van der Waals surface area contributed by atoms with Crippen molar-refractivity contribution in [2.45, 2.75) is 128 Å². The van der Waals surface area contributed by atoms with Crippen molar-refractivity contribution in [3.8, 4) is 11.6 Å². The highest BCUT2D eigenvalue weighted by Crippen LogP contribution is 2.57. The molecule has 13 nitrogen and oxygen atoms in total. The van der Waals surface area contributed by atoms with Gasteiger partial charge in [0.1, 0.15) is 23.3 Å². The number of halogens is 1. The summed E-state index contributed by atoms with van der Waals surface area (Å²) < 4.78 is 66.0. The molecule has 2 aromatic rings. The average molecular weight is 786 g/mol. The normalized spacial score (nSPS) is 30.3. The summed E-state index contributed by atoms with van der Waals surface area (Å²) in [7, 11) is -2.57. The van der Waals surface area contributed by atoms with Crippen LogP contribution < -0.4 is 14.2 Å². The first-order valence-corrected chi connectivity index (χ1v) is 20.5. The summed E-state index contributed by atoms with van der Waals surface area (Å²) in [5.74, 6) is -4.01. The van der Waals surface area contributed by atoms with Crippen molar-refractivity contribution >= 4 is 44.4 Å². The van der Waals surface area contributed by atoms with Crippen LogP contribution in [0.4, 0.5) is 4.39 Å². The van der Waals surface area contributed by atoms with Gasteiger partial charge in [0.2, 0.25) is 27.7 Å². The molecule has 4 aliphatic rings. The molecule has 1 aromatic heterocycles.